The summed E-state index contributed by atoms with van der Waals surface area (Å²) < 4.78 is 0. The van der Waals surface area contributed by atoms with Gasteiger partial charge in [-0.05, 0) is 12.8 Å². The van der Waals surface area contributed by atoms with Gasteiger partial charge in [-0.15, -0.1) is 0 Å². The van der Waals surface area contributed by atoms with Gasteiger partial charge in [-0.2, -0.15) is 0 Å². The molecular weight excluding hydrogens is 190 g/mol. The third-order valence-electron chi connectivity index (χ3n) is 3.60. The van der Waals surface area contributed by atoms with Gasteiger partial charge in [0.2, 0.25) is 0 Å². The first kappa shape index (κ1) is 10.8. The number of hydrogen-bond acceptors (Lipinski definition) is 3. The highest BCUT2D eigenvalue weighted by Crippen LogP contribution is 2.25. The van der Waals surface area contributed by atoms with Crippen molar-refractivity contribution in [1.29, 1.82) is 0 Å². The van der Waals surface area contributed by atoms with Crippen molar-refractivity contribution in [2.24, 2.45) is 5.92 Å². The van der Waals surface area contributed by atoms with Crippen molar-refractivity contribution < 1.29 is 9.59 Å². The van der Waals surface area contributed by atoms with Crippen LogP contribution in [0.5, 0.6) is 0 Å². The summed E-state index contributed by atoms with van der Waals surface area (Å²) in [4.78, 5) is 25.0. The van der Waals surface area contributed by atoms with Crippen LogP contribution in [0.3, 0.4) is 0 Å². The maximum absolute atomic E-state index is 11.9. The molecule has 0 unspecified atom stereocenters. The molecule has 0 amide bonds. The van der Waals surface area contributed by atoms with Gasteiger partial charge in [-0.1, -0.05) is 12.8 Å². The second-order valence-electron chi connectivity index (χ2n) is 4.76. The Balaban J connectivity index is 1.76. The first-order valence-electron chi connectivity index (χ1n) is 6.02. The molecule has 0 atom stereocenters. The monoisotopic (exact) mass is 209 g/mol. The van der Waals surface area contributed by atoms with E-state index < -0.39 is 0 Å². The number of rotatable bonds is 3. The molecule has 0 bridgehead atoms. The molecule has 84 valence electrons. The van der Waals surface area contributed by atoms with E-state index in [1.807, 2.05) is 0 Å². The highest BCUT2D eigenvalue weighted by atomic mass is 16.1. The van der Waals surface area contributed by atoms with Gasteiger partial charge in [0.1, 0.15) is 11.6 Å². The van der Waals surface area contributed by atoms with E-state index in [4.69, 9.17) is 0 Å². The highest BCUT2D eigenvalue weighted by molar-refractivity contribution is 5.84. The minimum atomic E-state index is 0.322. The molecule has 1 aliphatic carbocycles. The van der Waals surface area contributed by atoms with Crippen LogP contribution in [0.2, 0.25) is 0 Å². The van der Waals surface area contributed by atoms with Crippen molar-refractivity contribution in [1.82, 2.24) is 4.90 Å². The normalized spacial score (nSPS) is 24.7. The molecule has 2 aliphatic rings. The minimum Gasteiger partial charge on any atom is -0.300 e. The number of piperidine rings is 1. The summed E-state index contributed by atoms with van der Waals surface area (Å²) in [5.74, 6) is 1.07. The summed E-state index contributed by atoms with van der Waals surface area (Å²) >= 11 is 0. The molecule has 1 heterocycles. The fourth-order valence-corrected chi connectivity index (χ4v) is 2.56. The first-order valence-corrected chi connectivity index (χ1v) is 6.02. The van der Waals surface area contributed by atoms with Crippen LogP contribution in [0, 0.1) is 5.92 Å². The Kier molecular flexibility index (Phi) is 3.52. The molecule has 1 saturated heterocycles. The Labute approximate surface area is 90.8 Å². The van der Waals surface area contributed by atoms with Gasteiger partial charge in [-0.25, -0.2) is 0 Å². The molecule has 0 aromatic carbocycles. The number of Topliss-reactive ketones (excluding diaryl/α,β-unsaturated/α-hetero) is 2. The molecule has 2 rings (SSSR count). The Morgan fingerprint density at radius 1 is 1.20 bits per heavy atom. The van der Waals surface area contributed by atoms with Crippen LogP contribution in [0.15, 0.2) is 0 Å². The Hall–Kier alpha value is -0.700. The number of nitrogens with zero attached hydrogens (tertiary/aromatic N) is 1. The molecule has 3 heteroatoms. The third kappa shape index (κ3) is 2.88. The van der Waals surface area contributed by atoms with Crippen LogP contribution in [-0.4, -0.2) is 36.1 Å². The van der Waals surface area contributed by atoms with Gasteiger partial charge in [0.15, 0.2) is 0 Å². The first-order chi connectivity index (χ1) is 7.25. The van der Waals surface area contributed by atoms with E-state index in [1.54, 1.807) is 0 Å². The lowest BCUT2D eigenvalue weighted by atomic mass is 10.0. The van der Waals surface area contributed by atoms with Gasteiger partial charge in [0, 0.05) is 31.8 Å². The molecule has 0 aromatic rings. The largest absolute Gasteiger partial charge is 0.300 e. The van der Waals surface area contributed by atoms with E-state index in [0.29, 0.717) is 36.9 Å². The van der Waals surface area contributed by atoms with Crippen LogP contribution >= 0.6 is 0 Å². The van der Waals surface area contributed by atoms with Gasteiger partial charge in [0.05, 0.1) is 6.54 Å². The molecule has 1 aliphatic heterocycles. The predicted octanol–water partition coefficient (Wildman–Crippen LogP) is 1.41. The van der Waals surface area contributed by atoms with Crippen LogP contribution in [0.1, 0.15) is 38.5 Å². The SMILES string of the molecule is O=C1CCN(CC(=O)C2CCCC2)CC1. The van der Waals surface area contributed by atoms with Crippen molar-refractivity contribution in [3.8, 4) is 0 Å². The summed E-state index contributed by atoms with van der Waals surface area (Å²) in [6.07, 6.45) is 5.89. The summed E-state index contributed by atoms with van der Waals surface area (Å²) in [5, 5.41) is 0. The van der Waals surface area contributed by atoms with Crippen molar-refractivity contribution >= 4 is 11.6 Å². The summed E-state index contributed by atoms with van der Waals surface area (Å²) in [5.41, 5.74) is 0. The van der Waals surface area contributed by atoms with E-state index in [2.05, 4.69) is 4.90 Å². The van der Waals surface area contributed by atoms with Crippen LogP contribution in [-0.2, 0) is 9.59 Å². The zero-order chi connectivity index (χ0) is 10.7. The average Bonchev–Trinajstić information content (AvgIpc) is 2.74. The third-order valence-corrected chi connectivity index (χ3v) is 3.60. The quantitative estimate of drug-likeness (QED) is 0.705. The molecular formula is C12H19NO2. The lowest BCUT2D eigenvalue weighted by Crippen LogP contribution is -2.38. The van der Waals surface area contributed by atoms with Crippen molar-refractivity contribution in [3.63, 3.8) is 0 Å². The molecule has 0 radical (unpaired) electrons. The Morgan fingerprint density at radius 2 is 1.80 bits per heavy atom. The standard InChI is InChI=1S/C12H19NO2/c14-11-5-7-13(8-6-11)9-12(15)10-3-1-2-4-10/h10H,1-9H2. The molecule has 0 N–H and O–H groups in total. The summed E-state index contributed by atoms with van der Waals surface area (Å²) in [6, 6.07) is 0. The Bertz CT molecular complexity index is 246. The predicted molar refractivity (Wildman–Crippen MR) is 57.6 cm³/mol. The number of likely N-dealkylation sites (tertiary alicyclic amines) is 1. The molecule has 1 saturated carbocycles. The average molecular weight is 209 g/mol. The van der Waals surface area contributed by atoms with E-state index in [1.165, 1.54) is 12.8 Å². The lowest BCUT2D eigenvalue weighted by Gasteiger charge is -2.25. The second kappa shape index (κ2) is 4.88. The van der Waals surface area contributed by atoms with E-state index in [9.17, 15) is 9.59 Å². The van der Waals surface area contributed by atoms with Crippen molar-refractivity contribution in [3.05, 3.63) is 0 Å². The zero-order valence-corrected chi connectivity index (χ0v) is 9.21. The fraction of sp³-hybridized carbons (Fsp3) is 0.833. The second-order valence-corrected chi connectivity index (χ2v) is 4.76. The molecule has 15 heavy (non-hydrogen) atoms. The summed E-state index contributed by atoms with van der Waals surface area (Å²) in [6.45, 7) is 2.16. The summed E-state index contributed by atoms with van der Waals surface area (Å²) in [7, 11) is 0. The minimum absolute atomic E-state index is 0.322. The maximum atomic E-state index is 11.9. The molecule has 3 nitrogen and oxygen atoms in total. The maximum Gasteiger partial charge on any atom is 0.149 e. The van der Waals surface area contributed by atoms with Crippen molar-refractivity contribution in [2.45, 2.75) is 38.5 Å². The van der Waals surface area contributed by atoms with Gasteiger partial charge < -0.3 is 0 Å². The van der Waals surface area contributed by atoms with E-state index >= 15 is 0 Å². The number of carbonyl (C=O) groups excluding carboxylic acids is 2. The van der Waals surface area contributed by atoms with E-state index in [-0.39, 0.29) is 0 Å². The van der Waals surface area contributed by atoms with E-state index in [0.717, 1.165) is 25.9 Å². The van der Waals surface area contributed by atoms with Gasteiger partial charge in [0.25, 0.3) is 0 Å². The molecule has 0 aromatic heterocycles. The fourth-order valence-electron chi connectivity index (χ4n) is 2.56. The van der Waals surface area contributed by atoms with Crippen LogP contribution in [0.25, 0.3) is 0 Å². The zero-order valence-electron chi connectivity index (χ0n) is 9.21. The number of carbonyl (C=O) groups is 2. The highest BCUT2D eigenvalue weighted by Gasteiger charge is 2.25. The topological polar surface area (TPSA) is 37.4 Å². The van der Waals surface area contributed by atoms with Crippen molar-refractivity contribution in [2.75, 3.05) is 19.6 Å². The lowest BCUT2D eigenvalue weighted by molar-refractivity contribution is -0.127. The Morgan fingerprint density at radius 3 is 2.40 bits per heavy atom. The number of ketones is 2. The molecule has 2 fully saturated rings. The molecule has 0 spiro atoms. The smallest absolute Gasteiger partial charge is 0.149 e. The van der Waals surface area contributed by atoms with Gasteiger partial charge in [-0.3, -0.25) is 14.5 Å². The van der Waals surface area contributed by atoms with Gasteiger partial charge >= 0.3 is 0 Å². The van der Waals surface area contributed by atoms with Crippen LogP contribution < -0.4 is 0 Å². The number of hydrogen-bond donors (Lipinski definition) is 0. The van der Waals surface area contributed by atoms with Crippen LogP contribution in [0.4, 0.5) is 0 Å².